The summed E-state index contributed by atoms with van der Waals surface area (Å²) in [6.45, 7) is 1.82. The zero-order valence-corrected chi connectivity index (χ0v) is 7.14. The van der Waals surface area contributed by atoms with E-state index in [0.29, 0.717) is 0 Å². The number of hydrogen-bond acceptors (Lipinski definition) is 4. The van der Waals surface area contributed by atoms with Gasteiger partial charge in [0.2, 0.25) is 0 Å². The molecule has 0 unspecified atom stereocenters. The van der Waals surface area contributed by atoms with E-state index in [1.54, 1.807) is 0 Å². The fourth-order valence-electron chi connectivity index (χ4n) is 0.812. The van der Waals surface area contributed by atoms with Gasteiger partial charge in [-0.1, -0.05) is 0 Å². The van der Waals surface area contributed by atoms with E-state index in [1.807, 2.05) is 12.3 Å². The van der Waals surface area contributed by atoms with Gasteiger partial charge in [-0.3, -0.25) is 0 Å². The predicted octanol–water partition coefficient (Wildman–Crippen LogP) is 0.520. The Kier molecular flexibility index (Phi) is 2.99. The van der Waals surface area contributed by atoms with Crippen LogP contribution in [-0.4, -0.2) is 28.4 Å². The summed E-state index contributed by atoms with van der Waals surface area (Å²) in [5.41, 5.74) is 0.789. The third-order valence-electron chi connectivity index (χ3n) is 1.50. The molecule has 0 amide bonds. The average molecular weight is 173 g/mol. The average Bonchev–Trinajstić information content (AvgIpc) is 2.39. The van der Waals surface area contributed by atoms with Gasteiger partial charge in [-0.25, -0.2) is 4.98 Å². The van der Waals surface area contributed by atoms with Crippen molar-refractivity contribution in [1.82, 2.24) is 4.98 Å². The third-order valence-corrected chi connectivity index (χ3v) is 2.29. The second kappa shape index (κ2) is 3.80. The van der Waals surface area contributed by atoms with Crippen LogP contribution in [0.4, 0.5) is 0 Å². The van der Waals surface area contributed by atoms with Crippen LogP contribution in [0.25, 0.3) is 0 Å². The summed E-state index contributed by atoms with van der Waals surface area (Å²) in [5, 5.41) is 20.4. The predicted molar refractivity (Wildman–Crippen MR) is 43.8 cm³/mol. The molecule has 0 aliphatic carbocycles. The van der Waals surface area contributed by atoms with E-state index in [4.69, 9.17) is 10.2 Å². The summed E-state index contributed by atoms with van der Waals surface area (Å²) in [4.78, 5) is 4.15. The molecule has 0 aromatic carbocycles. The molecule has 0 saturated carbocycles. The molecule has 0 atom stereocenters. The summed E-state index contributed by atoms with van der Waals surface area (Å²) in [7, 11) is 0. The Bertz CT molecular complexity index is 220. The lowest BCUT2D eigenvalue weighted by atomic mass is 10.1. The highest BCUT2D eigenvalue weighted by atomic mass is 32.1. The molecule has 0 spiro atoms. The number of hydrogen-bond donors (Lipinski definition) is 2. The molecule has 1 rings (SSSR count). The molecule has 1 aromatic rings. The van der Waals surface area contributed by atoms with Gasteiger partial charge in [0.05, 0.1) is 23.9 Å². The van der Waals surface area contributed by atoms with E-state index in [1.165, 1.54) is 11.3 Å². The van der Waals surface area contributed by atoms with Crippen LogP contribution in [0.15, 0.2) is 5.38 Å². The number of aliphatic hydroxyl groups is 2. The first kappa shape index (κ1) is 8.64. The number of aliphatic hydroxyl groups excluding tert-OH is 2. The van der Waals surface area contributed by atoms with Crippen LogP contribution < -0.4 is 0 Å². The zero-order valence-electron chi connectivity index (χ0n) is 6.32. The normalized spacial score (nSPS) is 10.9. The topological polar surface area (TPSA) is 53.4 Å². The molecule has 4 heteroatoms. The molecule has 0 fully saturated rings. The highest BCUT2D eigenvalue weighted by Crippen LogP contribution is 2.16. The Morgan fingerprint density at radius 3 is 2.55 bits per heavy atom. The first-order valence-electron chi connectivity index (χ1n) is 3.41. The first-order chi connectivity index (χ1) is 5.27. The number of rotatable bonds is 3. The third kappa shape index (κ3) is 1.99. The van der Waals surface area contributed by atoms with Gasteiger partial charge in [-0.2, -0.15) is 0 Å². The molecule has 62 valence electrons. The Morgan fingerprint density at radius 2 is 2.18 bits per heavy atom. The molecule has 0 aliphatic rings. The molecule has 0 bridgehead atoms. The molecule has 2 N–H and O–H groups in total. The van der Waals surface area contributed by atoms with Crippen molar-refractivity contribution >= 4 is 11.3 Å². The summed E-state index contributed by atoms with van der Waals surface area (Å²) in [6.07, 6.45) is 0. The highest BCUT2D eigenvalue weighted by molar-refractivity contribution is 7.09. The lowest BCUT2D eigenvalue weighted by Crippen LogP contribution is -2.08. The van der Waals surface area contributed by atoms with Gasteiger partial charge in [-0.15, -0.1) is 11.3 Å². The number of aryl methyl sites for hydroxylation is 1. The SMILES string of the molecule is Cc1nc(C(CO)CO)cs1. The van der Waals surface area contributed by atoms with Crippen molar-refractivity contribution in [2.45, 2.75) is 12.8 Å². The lowest BCUT2D eigenvalue weighted by molar-refractivity contribution is 0.190. The number of nitrogens with zero attached hydrogens (tertiary/aromatic N) is 1. The van der Waals surface area contributed by atoms with Crippen LogP contribution in [0.1, 0.15) is 16.6 Å². The Labute approximate surface area is 69.3 Å². The lowest BCUT2D eigenvalue weighted by Gasteiger charge is -2.05. The first-order valence-corrected chi connectivity index (χ1v) is 4.29. The standard InChI is InChI=1S/C7H11NO2S/c1-5-8-7(4-11-5)6(2-9)3-10/h4,6,9-10H,2-3H2,1H3. The largest absolute Gasteiger partial charge is 0.396 e. The minimum absolute atomic E-state index is 0.0420. The van der Waals surface area contributed by atoms with Gasteiger partial charge in [0, 0.05) is 11.3 Å². The summed E-state index contributed by atoms with van der Waals surface area (Å²) in [5.74, 6) is -0.208. The van der Waals surface area contributed by atoms with E-state index in [2.05, 4.69) is 4.98 Å². The van der Waals surface area contributed by atoms with Crippen LogP contribution in [0.3, 0.4) is 0 Å². The maximum absolute atomic E-state index is 8.79. The molecule has 0 saturated heterocycles. The van der Waals surface area contributed by atoms with Gasteiger partial charge in [0.1, 0.15) is 0 Å². The van der Waals surface area contributed by atoms with E-state index >= 15 is 0 Å². The maximum Gasteiger partial charge on any atom is 0.0897 e. The van der Waals surface area contributed by atoms with Gasteiger partial charge in [-0.05, 0) is 6.92 Å². The second-order valence-corrected chi connectivity index (χ2v) is 3.42. The molecule has 0 aliphatic heterocycles. The van der Waals surface area contributed by atoms with Crippen LogP contribution >= 0.6 is 11.3 Å². The Morgan fingerprint density at radius 1 is 1.55 bits per heavy atom. The summed E-state index contributed by atoms with van der Waals surface area (Å²) >= 11 is 1.53. The molecule has 1 aromatic heterocycles. The molecule has 0 radical (unpaired) electrons. The fraction of sp³-hybridized carbons (Fsp3) is 0.571. The summed E-state index contributed by atoms with van der Waals surface area (Å²) < 4.78 is 0. The van der Waals surface area contributed by atoms with E-state index in [9.17, 15) is 0 Å². The monoisotopic (exact) mass is 173 g/mol. The van der Waals surface area contributed by atoms with Gasteiger partial charge in [0.25, 0.3) is 0 Å². The number of aromatic nitrogens is 1. The van der Waals surface area contributed by atoms with Crippen molar-refractivity contribution < 1.29 is 10.2 Å². The van der Waals surface area contributed by atoms with Crippen LogP contribution in [-0.2, 0) is 0 Å². The molecule has 3 nitrogen and oxygen atoms in total. The van der Waals surface area contributed by atoms with Crippen molar-refractivity contribution in [3.63, 3.8) is 0 Å². The van der Waals surface area contributed by atoms with Gasteiger partial charge < -0.3 is 10.2 Å². The number of thiazole rings is 1. The Hall–Kier alpha value is -0.450. The smallest absolute Gasteiger partial charge is 0.0897 e. The summed E-state index contributed by atoms with van der Waals surface area (Å²) in [6, 6.07) is 0. The van der Waals surface area contributed by atoms with Gasteiger partial charge >= 0.3 is 0 Å². The zero-order chi connectivity index (χ0) is 8.27. The van der Waals surface area contributed by atoms with Crippen molar-refractivity contribution in [2.75, 3.05) is 13.2 Å². The van der Waals surface area contributed by atoms with Crippen LogP contribution in [0, 0.1) is 6.92 Å². The van der Waals surface area contributed by atoms with Crippen molar-refractivity contribution in [1.29, 1.82) is 0 Å². The van der Waals surface area contributed by atoms with Crippen molar-refractivity contribution in [2.24, 2.45) is 0 Å². The molecule has 1 heterocycles. The highest BCUT2D eigenvalue weighted by Gasteiger charge is 2.11. The molecular weight excluding hydrogens is 162 g/mol. The van der Waals surface area contributed by atoms with Crippen LogP contribution in [0.5, 0.6) is 0 Å². The van der Waals surface area contributed by atoms with E-state index in [-0.39, 0.29) is 19.1 Å². The quantitative estimate of drug-likeness (QED) is 0.700. The minimum atomic E-state index is -0.208. The maximum atomic E-state index is 8.79. The van der Waals surface area contributed by atoms with E-state index < -0.39 is 0 Å². The van der Waals surface area contributed by atoms with Gasteiger partial charge in [0.15, 0.2) is 0 Å². The fourth-order valence-corrected chi connectivity index (χ4v) is 1.51. The van der Waals surface area contributed by atoms with Crippen LogP contribution in [0.2, 0.25) is 0 Å². The minimum Gasteiger partial charge on any atom is -0.396 e. The van der Waals surface area contributed by atoms with E-state index in [0.717, 1.165) is 10.7 Å². The van der Waals surface area contributed by atoms with Crippen molar-refractivity contribution in [3.05, 3.63) is 16.1 Å². The molecular formula is C7H11NO2S. The Balaban J connectivity index is 2.73. The second-order valence-electron chi connectivity index (χ2n) is 2.35. The van der Waals surface area contributed by atoms with Crippen molar-refractivity contribution in [3.8, 4) is 0 Å². The molecule has 11 heavy (non-hydrogen) atoms.